The van der Waals surface area contributed by atoms with Crippen LogP contribution in [0.2, 0.25) is 5.02 Å². The van der Waals surface area contributed by atoms with Crippen LogP contribution in [0.1, 0.15) is 25.3 Å². The molecule has 2 rings (SSSR count). The van der Waals surface area contributed by atoms with Crippen LogP contribution in [0.3, 0.4) is 0 Å². The number of nitrogens with one attached hydrogen (secondary N) is 1. The number of hydrogen-bond acceptors (Lipinski definition) is 2. The van der Waals surface area contributed by atoms with E-state index in [1.165, 1.54) is 25.5 Å². The van der Waals surface area contributed by atoms with Gasteiger partial charge in [-0.05, 0) is 43.6 Å². The number of likely N-dealkylation sites (tertiary alicyclic amines) is 1. The topological polar surface area (TPSA) is 15.3 Å². The van der Waals surface area contributed by atoms with Gasteiger partial charge < -0.3 is 10.2 Å². The van der Waals surface area contributed by atoms with Crippen LogP contribution < -0.4 is 5.32 Å². The molecule has 1 N–H and O–H groups in total. The minimum atomic E-state index is -0.352. The Morgan fingerprint density at radius 2 is 2.33 bits per heavy atom. The van der Waals surface area contributed by atoms with Crippen molar-refractivity contribution in [2.45, 2.75) is 32.4 Å². The molecular weight excluding hydrogens is 251 g/mol. The molecule has 0 aliphatic carbocycles. The molecule has 1 unspecified atom stereocenters. The molecular formula is C14H20ClFN2. The molecule has 1 aromatic rings. The molecule has 0 bridgehead atoms. The second kappa shape index (κ2) is 6.50. The highest BCUT2D eigenvalue weighted by molar-refractivity contribution is 6.30. The Labute approximate surface area is 113 Å². The lowest BCUT2D eigenvalue weighted by Gasteiger charge is -2.32. The largest absolute Gasteiger partial charge is 0.309 e. The van der Waals surface area contributed by atoms with Gasteiger partial charge in [0.05, 0.1) is 5.02 Å². The third-order valence-corrected chi connectivity index (χ3v) is 3.82. The molecule has 1 aromatic carbocycles. The average Bonchev–Trinajstić information content (AvgIpc) is 2.40. The van der Waals surface area contributed by atoms with Crippen molar-refractivity contribution in [1.29, 1.82) is 0 Å². The van der Waals surface area contributed by atoms with Crippen molar-refractivity contribution in [3.05, 3.63) is 34.6 Å². The van der Waals surface area contributed by atoms with Crippen LogP contribution in [0, 0.1) is 5.82 Å². The molecule has 1 saturated heterocycles. The summed E-state index contributed by atoms with van der Waals surface area (Å²) in [5, 5.41) is 3.73. The molecule has 1 atom stereocenters. The molecule has 4 heteroatoms. The monoisotopic (exact) mass is 270 g/mol. The van der Waals surface area contributed by atoms with E-state index in [2.05, 4.69) is 17.1 Å². The summed E-state index contributed by atoms with van der Waals surface area (Å²) in [6.45, 7) is 6.37. The number of rotatable bonds is 4. The summed E-state index contributed by atoms with van der Waals surface area (Å²) in [6, 6.07) is 5.44. The lowest BCUT2D eigenvalue weighted by atomic mass is 10.1. The van der Waals surface area contributed by atoms with Gasteiger partial charge in [0.1, 0.15) is 5.82 Å². The van der Waals surface area contributed by atoms with E-state index >= 15 is 0 Å². The van der Waals surface area contributed by atoms with Crippen LogP contribution in [0.4, 0.5) is 4.39 Å². The fourth-order valence-corrected chi connectivity index (χ4v) is 2.62. The van der Waals surface area contributed by atoms with E-state index < -0.39 is 0 Å². The van der Waals surface area contributed by atoms with E-state index in [0.29, 0.717) is 6.04 Å². The van der Waals surface area contributed by atoms with Gasteiger partial charge in [0, 0.05) is 19.1 Å². The number of nitrogens with zero attached hydrogens (tertiary/aromatic N) is 1. The maximum absolute atomic E-state index is 13.0. The molecule has 1 fully saturated rings. The summed E-state index contributed by atoms with van der Waals surface area (Å²) in [4.78, 5) is 2.46. The SMILES string of the molecule is CCN1CCCC(NCc2ccc(F)c(Cl)c2)C1. The van der Waals surface area contributed by atoms with Gasteiger partial charge in [-0.2, -0.15) is 0 Å². The molecule has 0 saturated carbocycles. The molecule has 1 aliphatic rings. The molecule has 0 aromatic heterocycles. The third kappa shape index (κ3) is 3.67. The molecule has 0 spiro atoms. The van der Waals surface area contributed by atoms with Crippen molar-refractivity contribution in [2.75, 3.05) is 19.6 Å². The third-order valence-electron chi connectivity index (χ3n) is 3.53. The van der Waals surface area contributed by atoms with Gasteiger partial charge in [0.15, 0.2) is 0 Å². The predicted molar refractivity (Wildman–Crippen MR) is 73.4 cm³/mol. The predicted octanol–water partition coefficient (Wildman–Crippen LogP) is 3.05. The van der Waals surface area contributed by atoms with E-state index in [0.717, 1.165) is 25.2 Å². The second-order valence-corrected chi connectivity index (χ2v) is 5.27. The Morgan fingerprint density at radius 1 is 1.50 bits per heavy atom. The first kappa shape index (κ1) is 13.8. The van der Waals surface area contributed by atoms with Crippen molar-refractivity contribution < 1.29 is 4.39 Å². The van der Waals surface area contributed by atoms with Crippen LogP contribution in [0.5, 0.6) is 0 Å². The van der Waals surface area contributed by atoms with Crippen LogP contribution in [0.25, 0.3) is 0 Å². The number of hydrogen-bond donors (Lipinski definition) is 1. The first-order chi connectivity index (χ1) is 8.69. The zero-order valence-electron chi connectivity index (χ0n) is 10.8. The van der Waals surface area contributed by atoms with Gasteiger partial charge in [-0.15, -0.1) is 0 Å². The second-order valence-electron chi connectivity index (χ2n) is 4.86. The fourth-order valence-electron chi connectivity index (χ4n) is 2.42. The fraction of sp³-hybridized carbons (Fsp3) is 0.571. The Kier molecular flexibility index (Phi) is 4.98. The molecule has 2 nitrogen and oxygen atoms in total. The molecule has 100 valence electrons. The van der Waals surface area contributed by atoms with Crippen molar-refractivity contribution in [3.63, 3.8) is 0 Å². The Bertz CT molecular complexity index is 397. The number of benzene rings is 1. The minimum Gasteiger partial charge on any atom is -0.309 e. The van der Waals surface area contributed by atoms with Crippen molar-refractivity contribution in [1.82, 2.24) is 10.2 Å². The summed E-state index contributed by atoms with van der Waals surface area (Å²) in [5.41, 5.74) is 1.04. The van der Waals surface area contributed by atoms with E-state index in [1.54, 1.807) is 12.1 Å². The van der Waals surface area contributed by atoms with Gasteiger partial charge in [0.2, 0.25) is 0 Å². The van der Waals surface area contributed by atoms with E-state index in [9.17, 15) is 4.39 Å². The smallest absolute Gasteiger partial charge is 0.141 e. The van der Waals surface area contributed by atoms with E-state index in [1.807, 2.05) is 0 Å². The zero-order chi connectivity index (χ0) is 13.0. The summed E-state index contributed by atoms with van der Waals surface area (Å²) < 4.78 is 13.0. The lowest BCUT2D eigenvalue weighted by molar-refractivity contribution is 0.198. The van der Waals surface area contributed by atoms with Crippen molar-refractivity contribution in [3.8, 4) is 0 Å². The Hall–Kier alpha value is -0.640. The zero-order valence-corrected chi connectivity index (χ0v) is 11.5. The Balaban J connectivity index is 1.85. The first-order valence-electron chi connectivity index (χ1n) is 6.58. The normalized spacial score (nSPS) is 21.2. The van der Waals surface area contributed by atoms with E-state index in [-0.39, 0.29) is 10.8 Å². The number of likely N-dealkylation sites (N-methyl/N-ethyl adjacent to an activating group) is 1. The van der Waals surface area contributed by atoms with Gasteiger partial charge in [-0.3, -0.25) is 0 Å². The maximum atomic E-state index is 13.0. The number of halogens is 2. The minimum absolute atomic E-state index is 0.202. The van der Waals surface area contributed by atoms with E-state index in [4.69, 9.17) is 11.6 Å². The average molecular weight is 271 g/mol. The summed E-state index contributed by atoms with van der Waals surface area (Å²) in [7, 11) is 0. The Morgan fingerprint density at radius 3 is 3.06 bits per heavy atom. The highest BCUT2D eigenvalue weighted by atomic mass is 35.5. The van der Waals surface area contributed by atoms with Gasteiger partial charge in [-0.25, -0.2) is 4.39 Å². The maximum Gasteiger partial charge on any atom is 0.141 e. The highest BCUT2D eigenvalue weighted by Gasteiger charge is 2.17. The van der Waals surface area contributed by atoms with Crippen LogP contribution in [-0.4, -0.2) is 30.6 Å². The van der Waals surface area contributed by atoms with Gasteiger partial charge >= 0.3 is 0 Å². The first-order valence-corrected chi connectivity index (χ1v) is 6.96. The standard InChI is InChI=1S/C14H20ClFN2/c1-2-18-7-3-4-12(10-18)17-9-11-5-6-14(16)13(15)8-11/h5-6,8,12,17H,2-4,7,9-10H2,1H3. The summed E-state index contributed by atoms with van der Waals surface area (Å²) in [5.74, 6) is -0.352. The quantitative estimate of drug-likeness (QED) is 0.905. The molecule has 0 radical (unpaired) electrons. The summed E-state index contributed by atoms with van der Waals surface area (Å²) >= 11 is 5.77. The molecule has 18 heavy (non-hydrogen) atoms. The van der Waals surface area contributed by atoms with Gasteiger partial charge in [-0.1, -0.05) is 24.6 Å². The lowest BCUT2D eigenvalue weighted by Crippen LogP contribution is -2.45. The molecule has 1 aliphatic heterocycles. The molecule has 0 amide bonds. The van der Waals surface area contributed by atoms with Crippen molar-refractivity contribution in [2.24, 2.45) is 0 Å². The highest BCUT2D eigenvalue weighted by Crippen LogP contribution is 2.16. The van der Waals surface area contributed by atoms with Crippen molar-refractivity contribution >= 4 is 11.6 Å². The van der Waals surface area contributed by atoms with Crippen LogP contribution >= 0.6 is 11.6 Å². The molecule has 1 heterocycles. The van der Waals surface area contributed by atoms with Crippen LogP contribution in [0.15, 0.2) is 18.2 Å². The van der Waals surface area contributed by atoms with Gasteiger partial charge in [0.25, 0.3) is 0 Å². The van der Waals surface area contributed by atoms with Crippen LogP contribution in [-0.2, 0) is 6.54 Å². The summed E-state index contributed by atoms with van der Waals surface area (Å²) in [6.07, 6.45) is 2.46. The number of piperidine rings is 1.